The highest BCUT2D eigenvalue weighted by molar-refractivity contribution is 5.92. The molecule has 0 saturated heterocycles. The zero-order valence-corrected chi connectivity index (χ0v) is 20.8. The zero-order chi connectivity index (χ0) is 23.1. The van der Waals surface area contributed by atoms with Gasteiger partial charge in [0.1, 0.15) is 12.4 Å². The van der Waals surface area contributed by atoms with Crippen molar-refractivity contribution < 1.29 is 14.3 Å². The van der Waals surface area contributed by atoms with Crippen molar-refractivity contribution in [1.82, 2.24) is 5.32 Å². The van der Waals surface area contributed by atoms with Crippen LogP contribution in [0.25, 0.3) is 0 Å². The van der Waals surface area contributed by atoms with E-state index in [9.17, 15) is 4.79 Å². The van der Waals surface area contributed by atoms with Crippen LogP contribution in [0.1, 0.15) is 96.8 Å². The molecule has 0 radical (unpaired) electrons. The van der Waals surface area contributed by atoms with Crippen LogP contribution in [0.5, 0.6) is 5.75 Å². The van der Waals surface area contributed by atoms with E-state index >= 15 is 0 Å². The molecule has 0 heterocycles. The normalized spacial score (nSPS) is 10.9. The number of methoxy groups -OCH3 is 1. The van der Waals surface area contributed by atoms with E-state index in [1.54, 1.807) is 7.11 Å². The Morgan fingerprint density at radius 2 is 1.41 bits per heavy atom. The predicted octanol–water partition coefficient (Wildman–Crippen LogP) is 6.72. The second kappa shape index (κ2) is 21.3. The lowest BCUT2D eigenvalue weighted by atomic mass is 10.0. The first-order valence-electron chi connectivity index (χ1n) is 13.0. The molecule has 1 rings (SSSR count). The van der Waals surface area contributed by atoms with E-state index in [4.69, 9.17) is 9.47 Å². The van der Waals surface area contributed by atoms with E-state index in [1.165, 1.54) is 83.5 Å². The number of rotatable bonds is 22. The van der Waals surface area contributed by atoms with Crippen molar-refractivity contribution in [2.24, 2.45) is 0 Å². The van der Waals surface area contributed by atoms with Crippen molar-refractivity contribution in [3.05, 3.63) is 24.3 Å². The molecule has 0 aromatic heterocycles. The Hall–Kier alpha value is -1.59. The first kappa shape index (κ1) is 28.4. The molecule has 0 fully saturated rings. The maximum absolute atomic E-state index is 12.1. The molecule has 0 aliphatic heterocycles. The Bertz CT molecular complexity index is 566. The van der Waals surface area contributed by atoms with Crippen molar-refractivity contribution >= 4 is 11.6 Å². The third-order valence-corrected chi connectivity index (χ3v) is 5.67. The third-order valence-electron chi connectivity index (χ3n) is 5.67. The summed E-state index contributed by atoms with van der Waals surface area (Å²) >= 11 is 0. The minimum Gasteiger partial charge on any atom is -0.491 e. The second-order valence-corrected chi connectivity index (χ2v) is 8.69. The van der Waals surface area contributed by atoms with Gasteiger partial charge in [0, 0.05) is 18.9 Å². The Kier molecular flexibility index (Phi) is 18.9. The first-order chi connectivity index (χ1) is 15.8. The van der Waals surface area contributed by atoms with Crippen molar-refractivity contribution in [2.45, 2.75) is 96.8 Å². The van der Waals surface area contributed by atoms with Gasteiger partial charge in [-0.1, -0.05) is 96.5 Å². The van der Waals surface area contributed by atoms with Crippen LogP contribution in [0.15, 0.2) is 24.3 Å². The predicted molar refractivity (Wildman–Crippen MR) is 136 cm³/mol. The number of benzene rings is 1. The molecule has 5 nitrogen and oxygen atoms in total. The number of carbonyl (C=O) groups excluding carboxylic acids is 1. The van der Waals surface area contributed by atoms with Gasteiger partial charge in [-0.05, 0) is 25.1 Å². The summed E-state index contributed by atoms with van der Waals surface area (Å²) in [5.41, 5.74) is 0.753. The summed E-state index contributed by atoms with van der Waals surface area (Å²) in [7, 11) is 1.64. The number of ether oxygens (including phenoxy) is 2. The summed E-state index contributed by atoms with van der Waals surface area (Å²) in [4.78, 5) is 12.1. The fourth-order valence-corrected chi connectivity index (χ4v) is 3.76. The van der Waals surface area contributed by atoms with Crippen molar-refractivity contribution in [3.8, 4) is 5.75 Å². The lowest BCUT2D eigenvalue weighted by Gasteiger charge is -2.09. The molecule has 0 saturated carbocycles. The monoisotopic (exact) mass is 448 g/mol. The largest absolute Gasteiger partial charge is 0.491 e. The Labute approximate surface area is 197 Å². The van der Waals surface area contributed by atoms with Gasteiger partial charge in [-0.2, -0.15) is 0 Å². The van der Waals surface area contributed by atoms with Crippen LogP contribution in [0.3, 0.4) is 0 Å². The van der Waals surface area contributed by atoms with Crippen molar-refractivity contribution in [1.29, 1.82) is 0 Å². The Morgan fingerprint density at radius 3 is 2.00 bits per heavy atom. The van der Waals surface area contributed by atoms with Gasteiger partial charge in [0.15, 0.2) is 0 Å². The molecule has 0 spiro atoms. The molecule has 0 aliphatic carbocycles. The molecule has 0 unspecified atom stereocenters. The van der Waals surface area contributed by atoms with Crippen LogP contribution in [-0.2, 0) is 9.53 Å². The van der Waals surface area contributed by atoms with Gasteiger partial charge in [-0.3, -0.25) is 4.79 Å². The zero-order valence-electron chi connectivity index (χ0n) is 20.8. The molecule has 1 aromatic rings. The van der Waals surface area contributed by atoms with Gasteiger partial charge in [0.25, 0.3) is 0 Å². The van der Waals surface area contributed by atoms with E-state index in [-0.39, 0.29) is 5.91 Å². The maximum Gasteiger partial charge on any atom is 0.238 e. The lowest BCUT2D eigenvalue weighted by Crippen LogP contribution is -2.28. The van der Waals surface area contributed by atoms with E-state index in [1.807, 2.05) is 24.3 Å². The summed E-state index contributed by atoms with van der Waals surface area (Å²) in [5, 5.41) is 6.16. The van der Waals surface area contributed by atoms with Crippen LogP contribution in [-0.4, -0.2) is 39.3 Å². The molecular formula is C27H48N2O3. The molecule has 2 N–H and O–H groups in total. The third kappa shape index (κ3) is 17.0. The molecule has 0 atom stereocenters. The average molecular weight is 449 g/mol. The first-order valence-corrected chi connectivity index (χ1v) is 13.0. The number of carbonyl (C=O) groups is 1. The van der Waals surface area contributed by atoms with Gasteiger partial charge in [0.05, 0.1) is 13.2 Å². The summed E-state index contributed by atoms with van der Waals surface area (Å²) in [6.07, 6.45) is 19.1. The van der Waals surface area contributed by atoms with Crippen molar-refractivity contribution in [2.75, 3.05) is 38.7 Å². The van der Waals surface area contributed by atoms with Crippen LogP contribution < -0.4 is 15.4 Å². The van der Waals surface area contributed by atoms with E-state index in [0.29, 0.717) is 19.8 Å². The average Bonchev–Trinajstić information content (AvgIpc) is 2.79. The van der Waals surface area contributed by atoms with Crippen molar-refractivity contribution in [3.63, 3.8) is 0 Å². The number of nitrogens with one attached hydrogen (secondary N) is 2. The number of hydrogen-bond donors (Lipinski definition) is 2. The Morgan fingerprint density at radius 1 is 0.812 bits per heavy atom. The molecule has 0 aliphatic rings. The molecule has 5 heteroatoms. The lowest BCUT2D eigenvalue weighted by molar-refractivity contribution is -0.115. The van der Waals surface area contributed by atoms with Gasteiger partial charge in [-0.15, -0.1) is 0 Å². The number of amides is 1. The highest BCUT2D eigenvalue weighted by atomic mass is 16.5. The molecule has 1 amide bonds. The highest BCUT2D eigenvalue weighted by Gasteiger charge is 2.03. The number of anilines is 1. The maximum atomic E-state index is 12.1. The number of hydrogen-bond acceptors (Lipinski definition) is 4. The standard InChI is InChI=1S/C27H48N2O3/c1-3-4-5-6-7-8-9-10-11-12-13-14-15-16-20-28-24-27(30)29-25-18-17-19-26(23-25)32-22-21-31-2/h17-19,23,28H,3-16,20-22,24H2,1-2H3,(H,29,30). The summed E-state index contributed by atoms with van der Waals surface area (Å²) in [5.74, 6) is 0.708. The smallest absolute Gasteiger partial charge is 0.238 e. The minimum atomic E-state index is -0.0237. The van der Waals surface area contributed by atoms with Crippen LogP contribution in [0, 0.1) is 0 Å². The van der Waals surface area contributed by atoms with Crippen LogP contribution >= 0.6 is 0 Å². The highest BCUT2D eigenvalue weighted by Crippen LogP contribution is 2.17. The molecule has 0 bridgehead atoms. The second-order valence-electron chi connectivity index (χ2n) is 8.69. The summed E-state index contributed by atoms with van der Waals surface area (Å²) in [6.45, 7) is 4.55. The van der Waals surface area contributed by atoms with Crippen LogP contribution in [0.4, 0.5) is 5.69 Å². The summed E-state index contributed by atoms with van der Waals surface area (Å²) in [6, 6.07) is 7.45. The molecule has 32 heavy (non-hydrogen) atoms. The van der Waals surface area contributed by atoms with Gasteiger partial charge in [-0.25, -0.2) is 0 Å². The SMILES string of the molecule is CCCCCCCCCCCCCCCCNCC(=O)Nc1cccc(OCCOC)c1. The van der Waals surface area contributed by atoms with E-state index in [0.717, 1.165) is 24.4 Å². The fourth-order valence-electron chi connectivity index (χ4n) is 3.76. The molecular weight excluding hydrogens is 400 g/mol. The van der Waals surface area contributed by atoms with Gasteiger partial charge >= 0.3 is 0 Å². The Balaban J connectivity index is 1.90. The van der Waals surface area contributed by atoms with Gasteiger partial charge < -0.3 is 20.1 Å². The van der Waals surface area contributed by atoms with E-state index < -0.39 is 0 Å². The minimum absolute atomic E-state index is 0.0237. The fraction of sp³-hybridized carbons (Fsp3) is 0.741. The van der Waals surface area contributed by atoms with Crippen LogP contribution in [0.2, 0.25) is 0 Å². The molecule has 1 aromatic carbocycles. The van der Waals surface area contributed by atoms with Gasteiger partial charge in [0.2, 0.25) is 5.91 Å². The topological polar surface area (TPSA) is 59.6 Å². The number of unbranched alkanes of at least 4 members (excludes halogenated alkanes) is 13. The quantitative estimate of drug-likeness (QED) is 0.193. The van der Waals surface area contributed by atoms with E-state index in [2.05, 4.69) is 17.6 Å². The summed E-state index contributed by atoms with van der Waals surface area (Å²) < 4.78 is 10.5. The molecule has 184 valence electrons.